The highest BCUT2D eigenvalue weighted by Gasteiger charge is 2.14. The van der Waals surface area contributed by atoms with Gasteiger partial charge in [0.05, 0.1) is 20.8 Å². The van der Waals surface area contributed by atoms with E-state index in [2.05, 4.69) is 0 Å². The summed E-state index contributed by atoms with van der Waals surface area (Å²) in [6, 6.07) is 3.64. The number of hydrogen-bond acceptors (Lipinski definition) is 5. The second-order valence-electron chi connectivity index (χ2n) is 4.13. The molecule has 5 nitrogen and oxygen atoms in total. The Morgan fingerprint density at radius 1 is 1.22 bits per heavy atom. The van der Waals surface area contributed by atoms with E-state index in [1.807, 2.05) is 19.1 Å². The smallest absolute Gasteiger partial charge is 0.203 e. The summed E-state index contributed by atoms with van der Waals surface area (Å²) >= 11 is 0. The first-order valence-electron chi connectivity index (χ1n) is 5.84. The first kappa shape index (κ1) is 14.6. The maximum Gasteiger partial charge on any atom is 0.203 e. The van der Waals surface area contributed by atoms with Gasteiger partial charge in [0.25, 0.3) is 0 Å². The second-order valence-corrected chi connectivity index (χ2v) is 4.13. The lowest BCUT2D eigenvalue weighted by atomic mass is 10.1. The summed E-state index contributed by atoms with van der Waals surface area (Å²) < 4.78 is 16.2. The maximum atomic E-state index is 8.99. The molecule has 0 fully saturated rings. The van der Waals surface area contributed by atoms with E-state index in [0.717, 1.165) is 5.56 Å². The molecule has 1 atom stereocenters. The average molecular weight is 255 g/mol. The number of methoxy groups -OCH3 is 2. The third-order valence-electron chi connectivity index (χ3n) is 2.58. The normalized spacial score (nSPS) is 12.1. The van der Waals surface area contributed by atoms with E-state index in [1.165, 1.54) is 0 Å². The van der Waals surface area contributed by atoms with Crippen molar-refractivity contribution in [3.8, 4) is 17.2 Å². The highest BCUT2D eigenvalue weighted by molar-refractivity contribution is 5.53. The summed E-state index contributed by atoms with van der Waals surface area (Å²) in [7, 11) is 3.13. The molecule has 102 valence electrons. The second kappa shape index (κ2) is 7.08. The largest absolute Gasteiger partial charge is 0.493 e. The SMILES string of the molecule is COc1cc(CN)cc(OC)c1OCC(C)CO. The molecule has 1 unspecified atom stereocenters. The third-order valence-corrected chi connectivity index (χ3v) is 2.58. The van der Waals surface area contributed by atoms with Gasteiger partial charge in [0.15, 0.2) is 11.5 Å². The summed E-state index contributed by atoms with van der Waals surface area (Å²) in [5.41, 5.74) is 6.51. The number of hydrogen-bond donors (Lipinski definition) is 2. The highest BCUT2D eigenvalue weighted by Crippen LogP contribution is 2.38. The van der Waals surface area contributed by atoms with Crippen LogP contribution in [0, 0.1) is 5.92 Å². The molecule has 0 saturated carbocycles. The first-order valence-corrected chi connectivity index (χ1v) is 5.84. The Hall–Kier alpha value is -1.46. The van der Waals surface area contributed by atoms with E-state index in [1.54, 1.807) is 14.2 Å². The lowest BCUT2D eigenvalue weighted by Crippen LogP contribution is -2.13. The number of rotatable bonds is 7. The summed E-state index contributed by atoms with van der Waals surface area (Å²) in [6.07, 6.45) is 0. The van der Waals surface area contributed by atoms with E-state index in [4.69, 9.17) is 25.1 Å². The molecule has 5 heteroatoms. The molecule has 1 aromatic rings. The van der Waals surface area contributed by atoms with E-state index < -0.39 is 0 Å². The topological polar surface area (TPSA) is 73.9 Å². The Bertz CT molecular complexity index is 356. The summed E-state index contributed by atoms with van der Waals surface area (Å²) in [5, 5.41) is 8.99. The molecule has 1 aromatic carbocycles. The monoisotopic (exact) mass is 255 g/mol. The zero-order valence-corrected chi connectivity index (χ0v) is 11.1. The van der Waals surface area contributed by atoms with Crippen molar-refractivity contribution >= 4 is 0 Å². The Kier molecular flexibility index (Phi) is 5.74. The lowest BCUT2D eigenvalue weighted by molar-refractivity contribution is 0.167. The molecule has 0 amide bonds. The van der Waals surface area contributed by atoms with Crippen LogP contribution in [0.4, 0.5) is 0 Å². The maximum absolute atomic E-state index is 8.99. The van der Waals surface area contributed by atoms with Crippen LogP contribution in [0.3, 0.4) is 0 Å². The van der Waals surface area contributed by atoms with Crippen LogP contribution in [-0.4, -0.2) is 32.5 Å². The Morgan fingerprint density at radius 3 is 2.17 bits per heavy atom. The molecule has 3 N–H and O–H groups in total. The van der Waals surface area contributed by atoms with Gasteiger partial charge in [0, 0.05) is 19.1 Å². The van der Waals surface area contributed by atoms with Crippen molar-refractivity contribution in [1.82, 2.24) is 0 Å². The molecule has 0 bridgehead atoms. The van der Waals surface area contributed by atoms with Crippen molar-refractivity contribution < 1.29 is 19.3 Å². The predicted molar refractivity (Wildman–Crippen MR) is 69.2 cm³/mol. The van der Waals surface area contributed by atoms with E-state index in [0.29, 0.717) is 30.4 Å². The fourth-order valence-electron chi connectivity index (χ4n) is 1.47. The van der Waals surface area contributed by atoms with Gasteiger partial charge in [-0.05, 0) is 17.7 Å². The summed E-state index contributed by atoms with van der Waals surface area (Å²) in [6.45, 7) is 2.77. The molecule has 0 aliphatic carbocycles. The van der Waals surface area contributed by atoms with Gasteiger partial charge in [-0.1, -0.05) is 6.92 Å². The molecule has 0 spiro atoms. The minimum Gasteiger partial charge on any atom is -0.493 e. The van der Waals surface area contributed by atoms with Gasteiger partial charge in [-0.2, -0.15) is 0 Å². The van der Waals surface area contributed by atoms with Gasteiger partial charge in [-0.25, -0.2) is 0 Å². The van der Waals surface area contributed by atoms with Crippen LogP contribution >= 0.6 is 0 Å². The molecular formula is C13H21NO4. The molecule has 0 radical (unpaired) electrons. The highest BCUT2D eigenvalue weighted by atomic mass is 16.5. The van der Waals surface area contributed by atoms with Crippen LogP contribution in [0.1, 0.15) is 12.5 Å². The molecule has 0 aliphatic rings. The third kappa shape index (κ3) is 3.51. The molecule has 1 rings (SSSR count). The minimum absolute atomic E-state index is 0.0496. The zero-order valence-electron chi connectivity index (χ0n) is 11.1. The number of aliphatic hydroxyl groups excluding tert-OH is 1. The fraction of sp³-hybridized carbons (Fsp3) is 0.538. The van der Waals surface area contributed by atoms with Gasteiger partial charge in [0.2, 0.25) is 5.75 Å². The van der Waals surface area contributed by atoms with Crippen LogP contribution in [0.2, 0.25) is 0 Å². The Balaban J connectivity index is 2.99. The van der Waals surface area contributed by atoms with Crippen molar-refractivity contribution in [3.05, 3.63) is 17.7 Å². The first-order chi connectivity index (χ1) is 8.65. The summed E-state index contributed by atoms with van der Waals surface area (Å²) in [5.74, 6) is 1.76. The van der Waals surface area contributed by atoms with Gasteiger partial charge in [0.1, 0.15) is 0 Å². The van der Waals surface area contributed by atoms with E-state index >= 15 is 0 Å². The molecule has 0 aliphatic heterocycles. The number of nitrogens with two attached hydrogens (primary N) is 1. The molecule has 18 heavy (non-hydrogen) atoms. The van der Waals surface area contributed by atoms with Crippen molar-refractivity contribution in [2.24, 2.45) is 11.7 Å². The van der Waals surface area contributed by atoms with Crippen molar-refractivity contribution in [2.45, 2.75) is 13.5 Å². The number of benzene rings is 1. The number of ether oxygens (including phenoxy) is 3. The van der Waals surface area contributed by atoms with Crippen LogP contribution in [-0.2, 0) is 6.54 Å². The van der Waals surface area contributed by atoms with Crippen LogP contribution in [0.5, 0.6) is 17.2 Å². The average Bonchev–Trinajstić information content (AvgIpc) is 2.43. The van der Waals surface area contributed by atoms with Crippen molar-refractivity contribution in [2.75, 3.05) is 27.4 Å². The van der Waals surface area contributed by atoms with Crippen LogP contribution in [0.15, 0.2) is 12.1 Å². The summed E-state index contributed by atoms with van der Waals surface area (Å²) in [4.78, 5) is 0. The molecule has 0 aromatic heterocycles. The Morgan fingerprint density at radius 2 is 1.78 bits per heavy atom. The van der Waals surface area contributed by atoms with Crippen LogP contribution in [0.25, 0.3) is 0 Å². The van der Waals surface area contributed by atoms with Gasteiger partial charge >= 0.3 is 0 Å². The predicted octanol–water partition coefficient (Wildman–Crippen LogP) is 1.17. The lowest BCUT2D eigenvalue weighted by Gasteiger charge is -2.17. The molecular weight excluding hydrogens is 234 g/mol. The van der Waals surface area contributed by atoms with Gasteiger partial charge in [-0.15, -0.1) is 0 Å². The number of aliphatic hydroxyl groups is 1. The van der Waals surface area contributed by atoms with Crippen LogP contribution < -0.4 is 19.9 Å². The fourth-order valence-corrected chi connectivity index (χ4v) is 1.47. The quantitative estimate of drug-likeness (QED) is 0.765. The minimum atomic E-state index is 0.0496. The molecule has 0 saturated heterocycles. The zero-order chi connectivity index (χ0) is 13.5. The van der Waals surface area contributed by atoms with E-state index in [9.17, 15) is 0 Å². The standard InChI is InChI=1S/C13H21NO4/c1-9(7-15)8-18-13-11(16-2)4-10(6-14)5-12(13)17-3/h4-5,9,15H,6-8,14H2,1-3H3. The van der Waals surface area contributed by atoms with Crippen molar-refractivity contribution in [1.29, 1.82) is 0 Å². The van der Waals surface area contributed by atoms with E-state index in [-0.39, 0.29) is 12.5 Å². The van der Waals surface area contributed by atoms with Gasteiger partial charge < -0.3 is 25.1 Å². The van der Waals surface area contributed by atoms with Gasteiger partial charge in [-0.3, -0.25) is 0 Å². The molecule has 0 heterocycles. The van der Waals surface area contributed by atoms with Crippen molar-refractivity contribution in [3.63, 3.8) is 0 Å². The Labute approximate surface area is 107 Å².